The van der Waals surface area contributed by atoms with Crippen molar-refractivity contribution in [2.75, 3.05) is 72.0 Å². The number of rotatable bonds is 9. The van der Waals surface area contributed by atoms with Gasteiger partial charge >= 0.3 is 0 Å². The molecule has 0 radical (unpaired) electrons. The van der Waals surface area contributed by atoms with E-state index in [9.17, 15) is 4.79 Å². The molecule has 0 saturated carbocycles. The van der Waals surface area contributed by atoms with Crippen LogP contribution in [0.1, 0.15) is 22.3 Å². The average molecular weight is 455 g/mol. The largest absolute Gasteiger partial charge is 0.301 e. The molecule has 6 heteroatoms. The molecule has 2 aromatic carbocycles. The van der Waals surface area contributed by atoms with E-state index in [1.54, 1.807) is 0 Å². The molecular weight excluding hydrogens is 420 g/mol. The highest BCUT2D eigenvalue weighted by atomic mass is 35.5. The van der Waals surface area contributed by atoms with Gasteiger partial charge in [0.05, 0.1) is 6.54 Å². The van der Waals surface area contributed by atoms with Gasteiger partial charge in [-0.15, -0.1) is 0 Å². The van der Waals surface area contributed by atoms with Gasteiger partial charge in [-0.2, -0.15) is 0 Å². The van der Waals surface area contributed by atoms with Crippen LogP contribution in [-0.2, 0) is 6.54 Å². The first-order valence-electron chi connectivity index (χ1n) is 11.9. The van der Waals surface area contributed by atoms with Crippen molar-refractivity contribution in [3.63, 3.8) is 0 Å². The van der Waals surface area contributed by atoms with Crippen LogP contribution in [0.25, 0.3) is 0 Å². The van der Waals surface area contributed by atoms with Crippen LogP contribution in [-0.4, -0.2) is 97.4 Å². The Labute approximate surface area is 197 Å². The van der Waals surface area contributed by atoms with E-state index >= 15 is 0 Å². The number of carbonyl (C=O) groups excluding carboxylic acids is 1. The molecule has 2 aromatic rings. The Bertz CT molecular complexity index is 829. The fraction of sp³-hybridized carbons (Fsp3) is 0.500. The van der Waals surface area contributed by atoms with Crippen molar-refractivity contribution in [3.05, 3.63) is 70.7 Å². The summed E-state index contributed by atoms with van der Waals surface area (Å²) in [5.74, 6) is 0.231. The standard InChI is InChI=1S/C26H35ClN4O/c27-25-9-7-23(8-10-25)21-30-17-13-28(14-18-30)11-4-12-29-15-19-31(20-16-29)22-26(32)24-5-2-1-3-6-24/h1-3,5-10H,4,11-22H2. The zero-order valence-electron chi connectivity index (χ0n) is 19.0. The molecule has 4 rings (SSSR count). The fourth-order valence-electron chi connectivity index (χ4n) is 4.63. The number of halogens is 1. The van der Waals surface area contributed by atoms with E-state index in [-0.39, 0.29) is 5.78 Å². The summed E-state index contributed by atoms with van der Waals surface area (Å²) >= 11 is 5.99. The van der Waals surface area contributed by atoms with Gasteiger partial charge in [-0.1, -0.05) is 54.1 Å². The SMILES string of the molecule is O=C(CN1CCN(CCCN2CCN(Cc3ccc(Cl)cc3)CC2)CC1)c1ccccc1. The predicted molar refractivity (Wildman–Crippen MR) is 131 cm³/mol. The number of hydrogen-bond acceptors (Lipinski definition) is 5. The molecule has 32 heavy (non-hydrogen) atoms. The Morgan fingerprint density at radius 1 is 0.688 bits per heavy atom. The Morgan fingerprint density at radius 3 is 1.81 bits per heavy atom. The quantitative estimate of drug-likeness (QED) is 0.542. The summed E-state index contributed by atoms with van der Waals surface area (Å²) < 4.78 is 0. The van der Waals surface area contributed by atoms with E-state index in [4.69, 9.17) is 11.6 Å². The number of nitrogens with zero attached hydrogens (tertiary/aromatic N) is 4. The van der Waals surface area contributed by atoms with Gasteiger partial charge in [0.15, 0.2) is 5.78 Å². The van der Waals surface area contributed by atoms with E-state index in [2.05, 4.69) is 31.7 Å². The van der Waals surface area contributed by atoms with E-state index in [1.165, 1.54) is 18.5 Å². The Balaban J connectivity index is 1.07. The number of Topliss-reactive ketones (excluding diaryl/α,β-unsaturated/α-hetero) is 1. The highest BCUT2D eigenvalue weighted by molar-refractivity contribution is 6.30. The van der Waals surface area contributed by atoms with Crippen molar-refractivity contribution in [1.82, 2.24) is 19.6 Å². The van der Waals surface area contributed by atoms with Crippen molar-refractivity contribution in [3.8, 4) is 0 Å². The molecule has 2 aliphatic heterocycles. The molecule has 172 valence electrons. The molecule has 0 aliphatic carbocycles. The summed E-state index contributed by atoms with van der Waals surface area (Å²) in [7, 11) is 0. The Hall–Kier alpha value is -1.76. The lowest BCUT2D eigenvalue weighted by Crippen LogP contribution is -2.49. The van der Waals surface area contributed by atoms with Gasteiger partial charge < -0.3 is 9.80 Å². The summed E-state index contributed by atoms with van der Waals surface area (Å²) in [4.78, 5) is 22.4. The lowest BCUT2D eigenvalue weighted by molar-refractivity contribution is 0.0835. The Kier molecular flexibility index (Phi) is 8.71. The maximum atomic E-state index is 12.4. The van der Waals surface area contributed by atoms with Gasteiger partial charge in [0.2, 0.25) is 0 Å². The van der Waals surface area contributed by atoms with Gasteiger partial charge in [-0.25, -0.2) is 0 Å². The lowest BCUT2D eigenvalue weighted by atomic mass is 10.1. The second-order valence-electron chi connectivity index (χ2n) is 9.00. The van der Waals surface area contributed by atoms with Crippen LogP contribution in [0.15, 0.2) is 54.6 Å². The van der Waals surface area contributed by atoms with E-state index in [0.29, 0.717) is 6.54 Å². The minimum absolute atomic E-state index is 0.231. The summed E-state index contributed by atoms with van der Waals surface area (Å²) in [6.07, 6.45) is 1.22. The molecule has 2 fully saturated rings. The molecule has 5 nitrogen and oxygen atoms in total. The topological polar surface area (TPSA) is 30.0 Å². The third kappa shape index (κ3) is 7.12. The number of carbonyl (C=O) groups is 1. The van der Waals surface area contributed by atoms with Crippen molar-refractivity contribution in [1.29, 1.82) is 0 Å². The normalized spacial score (nSPS) is 19.3. The van der Waals surface area contributed by atoms with Gasteiger partial charge in [-0.05, 0) is 37.2 Å². The monoisotopic (exact) mass is 454 g/mol. The maximum absolute atomic E-state index is 12.4. The van der Waals surface area contributed by atoms with Crippen molar-refractivity contribution < 1.29 is 4.79 Å². The van der Waals surface area contributed by atoms with Crippen LogP contribution >= 0.6 is 11.6 Å². The fourth-order valence-corrected chi connectivity index (χ4v) is 4.75. The first-order valence-corrected chi connectivity index (χ1v) is 12.3. The smallest absolute Gasteiger partial charge is 0.176 e. The predicted octanol–water partition coefficient (Wildman–Crippen LogP) is 3.35. The molecule has 0 N–H and O–H groups in total. The highest BCUT2D eigenvalue weighted by Gasteiger charge is 2.20. The first-order chi connectivity index (χ1) is 15.7. The minimum Gasteiger partial charge on any atom is -0.301 e. The number of piperazine rings is 2. The molecule has 0 unspecified atom stereocenters. The molecule has 0 spiro atoms. The molecule has 0 aromatic heterocycles. The number of ketones is 1. The molecule has 0 atom stereocenters. The average Bonchev–Trinajstić information content (AvgIpc) is 2.83. The van der Waals surface area contributed by atoms with Crippen LogP contribution in [0.5, 0.6) is 0 Å². The molecular formula is C26H35ClN4O. The molecule has 0 bridgehead atoms. The minimum atomic E-state index is 0.231. The zero-order chi connectivity index (χ0) is 22.2. The van der Waals surface area contributed by atoms with Gasteiger partial charge in [0, 0.05) is 69.5 Å². The highest BCUT2D eigenvalue weighted by Crippen LogP contribution is 2.13. The maximum Gasteiger partial charge on any atom is 0.176 e. The summed E-state index contributed by atoms with van der Waals surface area (Å²) in [6, 6.07) is 17.9. The van der Waals surface area contributed by atoms with Crippen molar-refractivity contribution in [2.24, 2.45) is 0 Å². The summed E-state index contributed by atoms with van der Waals surface area (Å²) in [5, 5.41) is 0.806. The van der Waals surface area contributed by atoms with Gasteiger partial charge in [-0.3, -0.25) is 14.6 Å². The second-order valence-corrected chi connectivity index (χ2v) is 9.44. The molecule has 2 saturated heterocycles. The first kappa shape index (κ1) is 23.4. The van der Waals surface area contributed by atoms with Crippen LogP contribution in [0, 0.1) is 0 Å². The summed E-state index contributed by atoms with van der Waals surface area (Å²) in [6.45, 7) is 12.6. The van der Waals surface area contributed by atoms with Crippen LogP contribution in [0.3, 0.4) is 0 Å². The summed E-state index contributed by atoms with van der Waals surface area (Å²) in [5.41, 5.74) is 2.16. The zero-order valence-corrected chi connectivity index (χ0v) is 19.7. The lowest BCUT2D eigenvalue weighted by Gasteiger charge is -2.36. The van der Waals surface area contributed by atoms with Crippen LogP contribution in [0.2, 0.25) is 5.02 Å². The van der Waals surface area contributed by atoms with Gasteiger partial charge in [0.1, 0.15) is 0 Å². The van der Waals surface area contributed by atoms with E-state index < -0.39 is 0 Å². The van der Waals surface area contributed by atoms with E-state index in [1.807, 2.05) is 42.5 Å². The number of benzene rings is 2. The van der Waals surface area contributed by atoms with Crippen molar-refractivity contribution in [2.45, 2.75) is 13.0 Å². The van der Waals surface area contributed by atoms with Gasteiger partial charge in [0.25, 0.3) is 0 Å². The third-order valence-corrected chi connectivity index (χ3v) is 6.91. The van der Waals surface area contributed by atoms with Crippen LogP contribution in [0.4, 0.5) is 0 Å². The Morgan fingerprint density at radius 2 is 1.22 bits per heavy atom. The van der Waals surface area contributed by atoms with E-state index in [0.717, 1.165) is 76.0 Å². The third-order valence-electron chi connectivity index (χ3n) is 6.66. The second kappa shape index (κ2) is 11.9. The molecule has 2 aliphatic rings. The van der Waals surface area contributed by atoms with Crippen molar-refractivity contribution >= 4 is 17.4 Å². The molecule has 0 amide bonds. The number of hydrogen-bond donors (Lipinski definition) is 0. The van der Waals surface area contributed by atoms with Crippen LogP contribution < -0.4 is 0 Å². The molecule has 2 heterocycles.